The Kier molecular flexibility index (Phi) is 5.12. The number of nitrogens with zero attached hydrogens (tertiary/aromatic N) is 2. The number of rotatable bonds is 4. The number of carbonyl (C=O) groups is 2. The Morgan fingerprint density at radius 2 is 1.69 bits per heavy atom. The molecule has 4 nitrogen and oxygen atoms in total. The van der Waals surface area contributed by atoms with Crippen LogP contribution >= 0.6 is 0 Å². The fourth-order valence-corrected chi connectivity index (χ4v) is 3.56. The minimum atomic E-state index is -1.13. The van der Waals surface area contributed by atoms with E-state index in [2.05, 4.69) is 6.07 Å². The second-order valence-corrected chi connectivity index (χ2v) is 7.20. The van der Waals surface area contributed by atoms with Crippen LogP contribution in [0.15, 0.2) is 54.6 Å². The standard InChI is InChI=1S/C22H26N2O2/c1-4-23(18-13-6-5-7-14-18)20(25)22(2,3)21(26)24-16-10-12-17-11-8-9-15-19(17)24/h5-9,11,13-15H,4,10,12,16H2,1-3H3. The molecule has 0 aliphatic carbocycles. The predicted octanol–water partition coefficient (Wildman–Crippen LogP) is 4.05. The predicted molar refractivity (Wildman–Crippen MR) is 105 cm³/mol. The van der Waals surface area contributed by atoms with Crippen LogP contribution < -0.4 is 9.80 Å². The van der Waals surface area contributed by atoms with Gasteiger partial charge in [-0.2, -0.15) is 0 Å². The molecule has 0 bridgehead atoms. The lowest BCUT2D eigenvalue weighted by molar-refractivity contribution is -0.138. The van der Waals surface area contributed by atoms with E-state index in [0.29, 0.717) is 13.1 Å². The normalized spacial score (nSPS) is 13.9. The molecule has 1 aliphatic rings. The molecule has 0 unspecified atom stereocenters. The van der Waals surface area contributed by atoms with Crippen molar-refractivity contribution in [2.45, 2.75) is 33.6 Å². The summed E-state index contributed by atoms with van der Waals surface area (Å²) in [5, 5.41) is 0. The third kappa shape index (κ3) is 3.24. The lowest BCUT2D eigenvalue weighted by Gasteiger charge is -2.37. The molecule has 0 fully saturated rings. The van der Waals surface area contributed by atoms with Crippen molar-refractivity contribution in [3.8, 4) is 0 Å². The third-order valence-electron chi connectivity index (χ3n) is 5.05. The fourth-order valence-electron chi connectivity index (χ4n) is 3.56. The molecule has 1 heterocycles. The summed E-state index contributed by atoms with van der Waals surface area (Å²) in [6.45, 7) is 6.59. The summed E-state index contributed by atoms with van der Waals surface area (Å²) in [6, 6.07) is 17.5. The van der Waals surface area contributed by atoms with E-state index in [4.69, 9.17) is 0 Å². The van der Waals surface area contributed by atoms with Crippen molar-refractivity contribution in [2.75, 3.05) is 22.9 Å². The Morgan fingerprint density at radius 1 is 1.04 bits per heavy atom. The van der Waals surface area contributed by atoms with Gasteiger partial charge in [0.25, 0.3) is 0 Å². The summed E-state index contributed by atoms with van der Waals surface area (Å²) in [7, 11) is 0. The maximum Gasteiger partial charge on any atom is 0.242 e. The zero-order valence-corrected chi connectivity index (χ0v) is 15.7. The number of carbonyl (C=O) groups excluding carboxylic acids is 2. The number of para-hydroxylation sites is 2. The van der Waals surface area contributed by atoms with E-state index in [1.165, 1.54) is 5.56 Å². The van der Waals surface area contributed by atoms with Crippen molar-refractivity contribution in [1.29, 1.82) is 0 Å². The van der Waals surface area contributed by atoms with E-state index < -0.39 is 5.41 Å². The van der Waals surface area contributed by atoms with Crippen molar-refractivity contribution < 1.29 is 9.59 Å². The third-order valence-corrected chi connectivity index (χ3v) is 5.05. The average molecular weight is 350 g/mol. The SMILES string of the molecule is CCN(C(=O)C(C)(C)C(=O)N1CCCc2ccccc21)c1ccccc1. The number of hydrogen-bond donors (Lipinski definition) is 0. The highest BCUT2D eigenvalue weighted by Gasteiger charge is 2.43. The summed E-state index contributed by atoms with van der Waals surface area (Å²) in [5.74, 6) is -0.303. The minimum Gasteiger partial charge on any atom is -0.312 e. The summed E-state index contributed by atoms with van der Waals surface area (Å²) < 4.78 is 0. The van der Waals surface area contributed by atoms with Crippen molar-refractivity contribution in [3.63, 3.8) is 0 Å². The molecule has 136 valence electrons. The number of anilines is 2. The second kappa shape index (κ2) is 7.32. The first-order chi connectivity index (χ1) is 12.5. The van der Waals surface area contributed by atoms with Crippen LogP contribution in [0.4, 0.5) is 11.4 Å². The monoisotopic (exact) mass is 350 g/mol. The molecule has 0 N–H and O–H groups in total. The number of aryl methyl sites for hydroxylation is 1. The molecule has 4 heteroatoms. The van der Waals surface area contributed by atoms with Crippen LogP contribution in [0.1, 0.15) is 32.8 Å². The van der Waals surface area contributed by atoms with Crippen LogP contribution in [0.2, 0.25) is 0 Å². The topological polar surface area (TPSA) is 40.6 Å². The molecule has 26 heavy (non-hydrogen) atoms. The van der Waals surface area contributed by atoms with E-state index in [9.17, 15) is 9.59 Å². The van der Waals surface area contributed by atoms with Gasteiger partial charge in [-0.05, 0) is 57.4 Å². The van der Waals surface area contributed by atoms with Gasteiger partial charge in [0.2, 0.25) is 11.8 Å². The van der Waals surface area contributed by atoms with Gasteiger partial charge in [0.1, 0.15) is 5.41 Å². The van der Waals surface area contributed by atoms with Gasteiger partial charge in [0.15, 0.2) is 0 Å². The van der Waals surface area contributed by atoms with E-state index in [0.717, 1.165) is 24.2 Å². The fraction of sp³-hybridized carbons (Fsp3) is 0.364. The van der Waals surface area contributed by atoms with Crippen molar-refractivity contribution in [1.82, 2.24) is 0 Å². The molecular weight excluding hydrogens is 324 g/mol. The minimum absolute atomic E-state index is 0.135. The van der Waals surface area contributed by atoms with Gasteiger partial charge in [0, 0.05) is 24.5 Å². The maximum atomic E-state index is 13.4. The van der Waals surface area contributed by atoms with Gasteiger partial charge in [0.05, 0.1) is 0 Å². The molecule has 0 saturated heterocycles. The zero-order valence-electron chi connectivity index (χ0n) is 15.7. The summed E-state index contributed by atoms with van der Waals surface area (Å²) in [4.78, 5) is 30.1. The molecule has 2 amide bonds. The molecule has 0 aromatic heterocycles. The van der Waals surface area contributed by atoms with E-state index in [1.807, 2.05) is 55.5 Å². The van der Waals surface area contributed by atoms with Crippen LogP contribution in [0.3, 0.4) is 0 Å². The Bertz CT molecular complexity index is 799. The van der Waals surface area contributed by atoms with Gasteiger partial charge < -0.3 is 9.80 Å². The van der Waals surface area contributed by atoms with Crippen molar-refractivity contribution >= 4 is 23.2 Å². The molecule has 0 spiro atoms. The first-order valence-electron chi connectivity index (χ1n) is 9.23. The summed E-state index contributed by atoms with van der Waals surface area (Å²) in [5.41, 5.74) is 1.80. The number of benzene rings is 2. The van der Waals surface area contributed by atoms with Crippen LogP contribution in [0.5, 0.6) is 0 Å². The van der Waals surface area contributed by atoms with Crippen LogP contribution in [-0.2, 0) is 16.0 Å². The first-order valence-corrected chi connectivity index (χ1v) is 9.23. The van der Waals surface area contributed by atoms with Crippen molar-refractivity contribution in [2.24, 2.45) is 5.41 Å². The Hall–Kier alpha value is -2.62. The highest BCUT2D eigenvalue weighted by Crippen LogP contribution is 2.33. The van der Waals surface area contributed by atoms with E-state index in [1.54, 1.807) is 23.6 Å². The van der Waals surface area contributed by atoms with Gasteiger partial charge in [-0.3, -0.25) is 9.59 Å². The Labute approximate surface area is 155 Å². The lowest BCUT2D eigenvalue weighted by Crippen LogP contribution is -2.52. The molecule has 0 atom stereocenters. The molecule has 0 radical (unpaired) electrons. The molecule has 2 aromatic rings. The van der Waals surface area contributed by atoms with Crippen LogP contribution in [-0.4, -0.2) is 24.9 Å². The van der Waals surface area contributed by atoms with E-state index >= 15 is 0 Å². The van der Waals surface area contributed by atoms with Crippen LogP contribution in [0.25, 0.3) is 0 Å². The smallest absolute Gasteiger partial charge is 0.242 e. The largest absolute Gasteiger partial charge is 0.312 e. The number of hydrogen-bond acceptors (Lipinski definition) is 2. The van der Waals surface area contributed by atoms with E-state index in [-0.39, 0.29) is 11.8 Å². The number of amides is 2. The Balaban J connectivity index is 1.90. The lowest BCUT2D eigenvalue weighted by atomic mass is 9.87. The van der Waals surface area contributed by atoms with Crippen molar-refractivity contribution in [3.05, 3.63) is 60.2 Å². The van der Waals surface area contributed by atoms with Gasteiger partial charge in [-0.1, -0.05) is 36.4 Å². The molecule has 2 aromatic carbocycles. The number of fused-ring (bicyclic) bond motifs is 1. The highest BCUT2D eigenvalue weighted by atomic mass is 16.2. The Morgan fingerprint density at radius 3 is 2.38 bits per heavy atom. The first kappa shape index (κ1) is 18.2. The molecule has 1 aliphatic heterocycles. The zero-order chi connectivity index (χ0) is 18.7. The second-order valence-electron chi connectivity index (χ2n) is 7.20. The summed E-state index contributed by atoms with van der Waals surface area (Å²) >= 11 is 0. The van der Waals surface area contributed by atoms with Crippen LogP contribution in [0, 0.1) is 5.41 Å². The molecular formula is C22H26N2O2. The highest BCUT2D eigenvalue weighted by molar-refractivity contribution is 6.15. The molecule has 0 saturated carbocycles. The molecule has 3 rings (SSSR count). The quantitative estimate of drug-likeness (QED) is 0.781. The van der Waals surface area contributed by atoms with Gasteiger partial charge in [-0.15, -0.1) is 0 Å². The van der Waals surface area contributed by atoms with Gasteiger partial charge in [-0.25, -0.2) is 0 Å². The van der Waals surface area contributed by atoms with Gasteiger partial charge >= 0.3 is 0 Å². The maximum absolute atomic E-state index is 13.4. The average Bonchev–Trinajstić information content (AvgIpc) is 2.68. The summed E-state index contributed by atoms with van der Waals surface area (Å²) in [6.07, 6.45) is 1.89.